The van der Waals surface area contributed by atoms with Gasteiger partial charge in [-0.15, -0.1) is 5.10 Å². The van der Waals surface area contributed by atoms with Crippen molar-refractivity contribution in [2.24, 2.45) is 15.9 Å². The first kappa shape index (κ1) is 22.7. The highest BCUT2D eigenvalue weighted by atomic mass is 16.5. The molecule has 0 aliphatic rings. The number of hydrogen-bond acceptors (Lipinski definition) is 5. The van der Waals surface area contributed by atoms with Gasteiger partial charge >= 0.3 is 0 Å². The molecule has 2 N–H and O–H groups in total. The fraction of sp³-hybridized carbons (Fsp3) is 0.107. The summed E-state index contributed by atoms with van der Waals surface area (Å²) < 4.78 is 11.6. The lowest BCUT2D eigenvalue weighted by molar-refractivity contribution is 0.306. The Bertz CT molecular complexity index is 1300. The number of benzene rings is 3. The zero-order valence-electron chi connectivity index (χ0n) is 19.2. The first-order chi connectivity index (χ1) is 16.6. The zero-order chi connectivity index (χ0) is 23.8. The Kier molecular flexibility index (Phi) is 7.30. The van der Waals surface area contributed by atoms with Crippen molar-refractivity contribution in [1.29, 1.82) is 0 Å². The number of hydrogen-bond donors (Lipinski definition) is 1. The molecule has 0 fully saturated rings. The molecule has 6 nitrogen and oxygen atoms in total. The van der Waals surface area contributed by atoms with Crippen molar-refractivity contribution < 1.29 is 9.47 Å². The summed E-state index contributed by atoms with van der Waals surface area (Å²) in [6, 6.07) is 27.5. The average Bonchev–Trinajstić information content (AvgIpc) is 2.89. The standard InChI is InChI=1S/C28H26N4O2/c1-20-9-11-21(12-10-20)19-34-24-7-5-6-23(17-24)25-16-22(13-14-27(25)33-2)18-31-32-28(29)26-8-3-4-15-30-26/h3-18H,19H2,1-2H3,(H2,29,32)/b31-18+. The number of nitrogens with zero attached hydrogens (tertiary/aromatic N) is 3. The minimum absolute atomic E-state index is 0.254. The molecule has 6 heteroatoms. The molecule has 0 unspecified atom stereocenters. The number of ether oxygens (including phenoxy) is 2. The van der Waals surface area contributed by atoms with E-state index in [2.05, 4.69) is 46.4 Å². The Morgan fingerprint density at radius 2 is 1.82 bits per heavy atom. The van der Waals surface area contributed by atoms with E-state index in [1.165, 1.54) is 5.56 Å². The van der Waals surface area contributed by atoms with E-state index in [0.717, 1.165) is 33.8 Å². The van der Waals surface area contributed by atoms with Crippen molar-refractivity contribution in [2.45, 2.75) is 13.5 Å². The summed E-state index contributed by atoms with van der Waals surface area (Å²) in [5, 5.41) is 8.18. The highest BCUT2D eigenvalue weighted by Gasteiger charge is 2.08. The molecule has 0 saturated heterocycles. The van der Waals surface area contributed by atoms with Crippen LogP contribution < -0.4 is 15.2 Å². The van der Waals surface area contributed by atoms with Gasteiger partial charge in [0.25, 0.3) is 0 Å². The predicted octanol–water partition coefficient (Wildman–Crippen LogP) is 5.38. The van der Waals surface area contributed by atoms with Gasteiger partial charge in [0.15, 0.2) is 5.84 Å². The topological polar surface area (TPSA) is 82.1 Å². The van der Waals surface area contributed by atoms with E-state index < -0.39 is 0 Å². The zero-order valence-corrected chi connectivity index (χ0v) is 19.2. The Balaban J connectivity index is 1.53. The molecule has 3 aromatic carbocycles. The summed E-state index contributed by atoms with van der Waals surface area (Å²) in [5.41, 5.74) is 11.7. The van der Waals surface area contributed by atoms with Crippen LogP contribution in [-0.4, -0.2) is 24.1 Å². The second-order valence-corrected chi connectivity index (χ2v) is 7.71. The predicted molar refractivity (Wildman–Crippen MR) is 136 cm³/mol. The van der Waals surface area contributed by atoms with Gasteiger partial charge in [0, 0.05) is 11.8 Å². The molecule has 1 aromatic heterocycles. The van der Waals surface area contributed by atoms with Gasteiger partial charge in [-0.1, -0.05) is 48.0 Å². The maximum absolute atomic E-state index is 6.03. The van der Waals surface area contributed by atoms with Crippen LogP contribution in [0.5, 0.6) is 11.5 Å². The summed E-state index contributed by atoms with van der Waals surface area (Å²) in [7, 11) is 1.65. The third-order valence-electron chi connectivity index (χ3n) is 5.19. The lowest BCUT2D eigenvalue weighted by Gasteiger charge is -2.12. The summed E-state index contributed by atoms with van der Waals surface area (Å²) in [5.74, 6) is 1.79. The molecule has 34 heavy (non-hydrogen) atoms. The van der Waals surface area contributed by atoms with Crippen LogP contribution in [0.15, 0.2) is 101 Å². The van der Waals surface area contributed by atoms with Crippen molar-refractivity contribution in [2.75, 3.05) is 7.11 Å². The number of nitrogens with two attached hydrogens (primary N) is 1. The molecular weight excluding hydrogens is 424 g/mol. The van der Waals surface area contributed by atoms with Crippen LogP contribution in [0.2, 0.25) is 0 Å². The van der Waals surface area contributed by atoms with Gasteiger partial charge in [0.05, 0.1) is 13.3 Å². The lowest BCUT2D eigenvalue weighted by Crippen LogP contribution is -2.14. The van der Waals surface area contributed by atoms with E-state index in [-0.39, 0.29) is 5.84 Å². The van der Waals surface area contributed by atoms with Gasteiger partial charge in [-0.25, -0.2) is 0 Å². The number of aryl methyl sites for hydroxylation is 1. The van der Waals surface area contributed by atoms with Crippen LogP contribution in [-0.2, 0) is 6.61 Å². The molecule has 170 valence electrons. The minimum Gasteiger partial charge on any atom is -0.496 e. The Morgan fingerprint density at radius 1 is 0.971 bits per heavy atom. The fourth-order valence-corrected chi connectivity index (χ4v) is 3.36. The van der Waals surface area contributed by atoms with E-state index in [1.807, 2.05) is 54.6 Å². The van der Waals surface area contributed by atoms with Crippen molar-refractivity contribution in [3.63, 3.8) is 0 Å². The summed E-state index contributed by atoms with van der Waals surface area (Å²) in [6.45, 7) is 2.57. The lowest BCUT2D eigenvalue weighted by atomic mass is 10.0. The van der Waals surface area contributed by atoms with E-state index in [9.17, 15) is 0 Å². The van der Waals surface area contributed by atoms with Crippen LogP contribution in [0.4, 0.5) is 0 Å². The van der Waals surface area contributed by atoms with Gasteiger partial charge in [-0.05, 0) is 66.1 Å². The second-order valence-electron chi connectivity index (χ2n) is 7.71. The smallest absolute Gasteiger partial charge is 0.171 e. The van der Waals surface area contributed by atoms with Gasteiger partial charge in [-0.2, -0.15) is 5.10 Å². The Labute approximate surface area is 199 Å². The number of methoxy groups -OCH3 is 1. The summed E-state index contributed by atoms with van der Waals surface area (Å²) in [6.07, 6.45) is 3.31. The first-order valence-corrected chi connectivity index (χ1v) is 10.9. The molecule has 0 aliphatic heterocycles. The molecule has 0 bridgehead atoms. The normalized spacial score (nSPS) is 11.5. The van der Waals surface area contributed by atoms with Crippen LogP contribution in [0.25, 0.3) is 11.1 Å². The van der Waals surface area contributed by atoms with Gasteiger partial charge in [-0.3, -0.25) is 4.98 Å². The van der Waals surface area contributed by atoms with Crippen LogP contribution in [0, 0.1) is 6.92 Å². The first-order valence-electron chi connectivity index (χ1n) is 10.9. The average molecular weight is 451 g/mol. The molecule has 0 radical (unpaired) electrons. The van der Waals surface area contributed by atoms with E-state index in [4.69, 9.17) is 15.2 Å². The molecule has 0 atom stereocenters. The molecule has 1 heterocycles. The number of pyridine rings is 1. The molecule has 0 spiro atoms. The van der Waals surface area contributed by atoms with Crippen molar-refractivity contribution >= 4 is 12.1 Å². The fourth-order valence-electron chi connectivity index (χ4n) is 3.36. The van der Waals surface area contributed by atoms with Crippen molar-refractivity contribution in [1.82, 2.24) is 4.98 Å². The minimum atomic E-state index is 0.254. The van der Waals surface area contributed by atoms with E-state index in [0.29, 0.717) is 12.3 Å². The maximum atomic E-state index is 6.03. The molecule has 0 aliphatic carbocycles. The van der Waals surface area contributed by atoms with Crippen LogP contribution in [0.1, 0.15) is 22.4 Å². The molecule has 4 aromatic rings. The SMILES string of the molecule is COc1ccc(/C=N/N=C(\N)c2ccccn2)cc1-c1cccc(OCc2ccc(C)cc2)c1. The molecular formula is C28H26N4O2. The van der Waals surface area contributed by atoms with Gasteiger partial charge < -0.3 is 15.2 Å². The van der Waals surface area contributed by atoms with E-state index >= 15 is 0 Å². The second kappa shape index (κ2) is 10.9. The number of aromatic nitrogens is 1. The number of rotatable bonds is 8. The third-order valence-corrected chi connectivity index (χ3v) is 5.19. The van der Waals surface area contributed by atoms with Gasteiger partial charge in [0.1, 0.15) is 23.8 Å². The molecule has 4 rings (SSSR count). The largest absolute Gasteiger partial charge is 0.496 e. The third kappa shape index (κ3) is 5.86. The highest BCUT2D eigenvalue weighted by molar-refractivity contribution is 5.96. The van der Waals surface area contributed by atoms with Crippen LogP contribution >= 0.6 is 0 Å². The van der Waals surface area contributed by atoms with Gasteiger partial charge in [0.2, 0.25) is 0 Å². The molecule has 0 saturated carbocycles. The monoisotopic (exact) mass is 450 g/mol. The summed E-state index contributed by atoms with van der Waals surface area (Å²) in [4.78, 5) is 4.17. The molecule has 0 amide bonds. The Hall–Kier alpha value is -4.45. The van der Waals surface area contributed by atoms with E-state index in [1.54, 1.807) is 25.6 Å². The quantitative estimate of drug-likeness (QED) is 0.222. The van der Waals surface area contributed by atoms with Crippen LogP contribution in [0.3, 0.4) is 0 Å². The highest BCUT2D eigenvalue weighted by Crippen LogP contribution is 2.32. The van der Waals surface area contributed by atoms with Crippen molar-refractivity contribution in [3.8, 4) is 22.6 Å². The summed E-state index contributed by atoms with van der Waals surface area (Å²) >= 11 is 0. The van der Waals surface area contributed by atoms with Crippen molar-refractivity contribution in [3.05, 3.63) is 114 Å². The Morgan fingerprint density at radius 3 is 2.59 bits per heavy atom. The number of amidine groups is 1. The maximum Gasteiger partial charge on any atom is 0.171 e.